The Morgan fingerprint density at radius 3 is 2.72 bits per heavy atom. The number of hydrogen-bond donors (Lipinski definition) is 0. The zero-order valence-electron chi connectivity index (χ0n) is 15.0. The van der Waals surface area contributed by atoms with Gasteiger partial charge in [0.15, 0.2) is 0 Å². The van der Waals surface area contributed by atoms with Crippen molar-refractivity contribution in [2.24, 2.45) is 5.92 Å². The molecule has 134 valence electrons. The lowest BCUT2D eigenvalue weighted by Crippen LogP contribution is -2.24. The molecular formula is C19H25N3O3. The maximum Gasteiger partial charge on any atom is 0.341 e. The molecule has 1 saturated heterocycles. The van der Waals surface area contributed by atoms with Crippen LogP contribution in [-0.4, -0.2) is 48.0 Å². The van der Waals surface area contributed by atoms with Crippen LogP contribution in [0, 0.1) is 5.92 Å². The van der Waals surface area contributed by atoms with Gasteiger partial charge in [0.05, 0.1) is 25.5 Å². The fraction of sp³-hybridized carbons (Fsp3) is 0.474. The van der Waals surface area contributed by atoms with Gasteiger partial charge in [-0.05, 0) is 44.6 Å². The number of carbonyl (C=O) groups is 1. The first kappa shape index (κ1) is 17.5. The van der Waals surface area contributed by atoms with Crippen molar-refractivity contribution in [3.8, 4) is 5.75 Å². The number of methoxy groups -OCH3 is 1. The number of esters is 1. The molecule has 6 heteroatoms. The van der Waals surface area contributed by atoms with E-state index >= 15 is 0 Å². The van der Waals surface area contributed by atoms with Gasteiger partial charge in [-0.2, -0.15) is 5.10 Å². The summed E-state index contributed by atoms with van der Waals surface area (Å²) in [4.78, 5) is 14.5. The van der Waals surface area contributed by atoms with Gasteiger partial charge in [0.1, 0.15) is 5.75 Å². The zero-order valence-corrected chi connectivity index (χ0v) is 15.0. The summed E-state index contributed by atoms with van der Waals surface area (Å²) in [6.45, 7) is 4.13. The van der Waals surface area contributed by atoms with E-state index < -0.39 is 0 Å². The molecule has 2 atom stereocenters. The van der Waals surface area contributed by atoms with E-state index in [1.807, 2.05) is 19.1 Å². The quantitative estimate of drug-likeness (QED) is 0.755. The number of aryl methyl sites for hydroxylation is 1. The summed E-state index contributed by atoms with van der Waals surface area (Å²) < 4.78 is 12.5. The van der Waals surface area contributed by atoms with E-state index in [0.717, 1.165) is 25.3 Å². The van der Waals surface area contributed by atoms with Crippen molar-refractivity contribution in [3.05, 3.63) is 47.8 Å². The van der Waals surface area contributed by atoms with Gasteiger partial charge in [-0.3, -0.25) is 9.58 Å². The third-order valence-corrected chi connectivity index (χ3v) is 4.85. The van der Waals surface area contributed by atoms with E-state index in [2.05, 4.69) is 29.2 Å². The minimum atomic E-state index is -0.303. The van der Waals surface area contributed by atoms with Gasteiger partial charge in [0.2, 0.25) is 0 Å². The molecule has 0 spiro atoms. The molecule has 25 heavy (non-hydrogen) atoms. The minimum absolute atomic E-state index is 0.247. The van der Waals surface area contributed by atoms with Crippen LogP contribution in [0.25, 0.3) is 0 Å². The first-order valence-corrected chi connectivity index (χ1v) is 8.66. The second-order valence-electron chi connectivity index (χ2n) is 6.43. The zero-order chi connectivity index (χ0) is 17.8. The van der Waals surface area contributed by atoms with Gasteiger partial charge in [0, 0.05) is 24.7 Å². The van der Waals surface area contributed by atoms with Gasteiger partial charge >= 0.3 is 5.97 Å². The van der Waals surface area contributed by atoms with Crippen LogP contribution in [-0.2, 0) is 11.3 Å². The van der Waals surface area contributed by atoms with Gasteiger partial charge in [-0.1, -0.05) is 12.1 Å². The Hall–Kier alpha value is -2.34. The second kappa shape index (κ2) is 7.70. The average molecular weight is 343 g/mol. The molecule has 1 aromatic carbocycles. The first-order chi connectivity index (χ1) is 12.1. The van der Waals surface area contributed by atoms with Crippen molar-refractivity contribution < 1.29 is 14.3 Å². The van der Waals surface area contributed by atoms with E-state index in [1.54, 1.807) is 24.2 Å². The number of aromatic nitrogens is 2. The number of hydrogen-bond acceptors (Lipinski definition) is 5. The van der Waals surface area contributed by atoms with Gasteiger partial charge in [0.25, 0.3) is 0 Å². The fourth-order valence-corrected chi connectivity index (χ4v) is 3.44. The fourth-order valence-electron chi connectivity index (χ4n) is 3.44. The topological polar surface area (TPSA) is 56.6 Å². The normalized spacial score (nSPS) is 20.6. The number of nitrogens with zero attached hydrogens (tertiary/aromatic N) is 3. The smallest absolute Gasteiger partial charge is 0.341 e. The third-order valence-electron chi connectivity index (χ3n) is 4.85. The van der Waals surface area contributed by atoms with Crippen LogP contribution in [0.2, 0.25) is 0 Å². The predicted octanol–water partition coefficient (Wildman–Crippen LogP) is 2.76. The largest absolute Gasteiger partial charge is 0.497 e. The van der Waals surface area contributed by atoms with Gasteiger partial charge in [-0.15, -0.1) is 0 Å². The highest BCUT2D eigenvalue weighted by atomic mass is 16.5. The van der Waals surface area contributed by atoms with Crippen LogP contribution in [0.1, 0.15) is 35.3 Å². The summed E-state index contributed by atoms with van der Waals surface area (Å²) in [6.07, 6.45) is 4.30. The number of rotatable bonds is 6. The third kappa shape index (κ3) is 3.85. The minimum Gasteiger partial charge on any atom is -0.497 e. The molecule has 2 aromatic rings. The summed E-state index contributed by atoms with van der Waals surface area (Å²) in [6, 6.07) is 8.38. The van der Waals surface area contributed by atoms with Crippen LogP contribution in [0.5, 0.6) is 5.75 Å². The maximum absolute atomic E-state index is 12.2. The molecule has 1 aromatic heterocycles. The van der Waals surface area contributed by atoms with Crippen LogP contribution in [0.4, 0.5) is 0 Å². The molecular weight excluding hydrogens is 318 g/mol. The van der Waals surface area contributed by atoms with Crippen LogP contribution >= 0.6 is 0 Å². The Balaban J connectivity index is 1.65. The maximum atomic E-state index is 12.2. The lowest BCUT2D eigenvalue weighted by atomic mass is 9.94. The molecule has 6 nitrogen and oxygen atoms in total. The molecule has 3 rings (SSSR count). The second-order valence-corrected chi connectivity index (χ2v) is 6.43. The predicted molar refractivity (Wildman–Crippen MR) is 94.7 cm³/mol. The molecule has 0 unspecified atom stereocenters. The molecule has 0 bridgehead atoms. The van der Waals surface area contributed by atoms with Crippen LogP contribution in [0.3, 0.4) is 0 Å². The summed E-state index contributed by atoms with van der Waals surface area (Å²) in [5.74, 6) is 0.826. The average Bonchev–Trinajstić information content (AvgIpc) is 3.26. The van der Waals surface area contributed by atoms with E-state index in [0.29, 0.717) is 12.2 Å². The summed E-state index contributed by atoms with van der Waals surface area (Å²) in [5.41, 5.74) is 1.73. The van der Waals surface area contributed by atoms with E-state index in [-0.39, 0.29) is 17.9 Å². The molecule has 1 aliphatic heterocycles. The van der Waals surface area contributed by atoms with Crippen molar-refractivity contribution in [2.75, 3.05) is 27.3 Å². The molecule has 1 fully saturated rings. The number of benzene rings is 1. The Morgan fingerprint density at radius 1 is 1.32 bits per heavy atom. The van der Waals surface area contributed by atoms with Crippen molar-refractivity contribution in [3.63, 3.8) is 0 Å². The molecule has 0 saturated carbocycles. The Bertz CT molecular complexity index is 711. The van der Waals surface area contributed by atoms with Crippen molar-refractivity contribution >= 4 is 5.97 Å². The Kier molecular flexibility index (Phi) is 5.38. The highest BCUT2D eigenvalue weighted by molar-refractivity contribution is 5.88. The van der Waals surface area contributed by atoms with Crippen molar-refractivity contribution in [1.29, 1.82) is 0 Å². The molecule has 0 aliphatic carbocycles. The summed E-state index contributed by atoms with van der Waals surface area (Å²) >= 11 is 0. The van der Waals surface area contributed by atoms with E-state index in [9.17, 15) is 4.79 Å². The van der Waals surface area contributed by atoms with Crippen molar-refractivity contribution in [1.82, 2.24) is 14.7 Å². The summed E-state index contributed by atoms with van der Waals surface area (Å²) in [7, 11) is 3.78. The lowest BCUT2D eigenvalue weighted by Gasteiger charge is -2.25. The molecule has 2 heterocycles. The van der Waals surface area contributed by atoms with Crippen LogP contribution in [0.15, 0.2) is 36.7 Å². The summed E-state index contributed by atoms with van der Waals surface area (Å²) in [5, 5.41) is 4.12. The highest BCUT2D eigenvalue weighted by Gasteiger charge is 2.34. The van der Waals surface area contributed by atoms with Gasteiger partial charge in [-0.25, -0.2) is 4.79 Å². The lowest BCUT2D eigenvalue weighted by molar-refractivity contribution is 0.0412. The Morgan fingerprint density at radius 2 is 2.08 bits per heavy atom. The van der Waals surface area contributed by atoms with Crippen LogP contribution < -0.4 is 4.74 Å². The van der Waals surface area contributed by atoms with E-state index in [4.69, 9.17) is 9.47 Å². The van der Waals surface area contributed by atoms with E-state index in [1.165, 1.54) is 5.56 Å². The molecule has 0 amide bonds. The molecule has 0 radical (unpaired) electrons. The van der Waals surface area contributed by atoms with Gasteiger partial charge < -0.3 is 9.47 Å². The first-order valence-electron chi connectivity index (χ1n) is 8.66. The number of likely N-dealkylation sites (tertiary alicyclic amines) is 1. The van der Waals surface area contributed by atoms with Crippen molar-refractivity contribution in [2.45, 2.75) is 25.9 Å². The molecule has 0 N–H and O–H groups in total. The number of ether oxygens (including phenoxy) is 2. The standard InChI is InChI=1S/C19H25N3O3/c1-4-22-12-16(11-20-22)19(23)25-13-15-9-10-21(2)18(15)14-5-7-17(24-3)8-6-14/h5-8,11-12,15,18H,4,9-10,13H2,1-3H3/t15-,18+/m0/s1. The SMILES string of the molecule is CCn1cc(C(=O)OC[C@@H]2CCN(C)[C@@H]2c2ccc(OC)cc2)cn1. The monoisotopic (exact) mass is 343 g/mol. The highest BCUT2D eigenvalue weighted by Crippen LogP contribution is 2.36. The molecule has 1 aliphatic rings. The number of carbonyl (C=O) groups excluding carboxylic acids is 1. The Labute approximate surface area is 148 Å².